The number of nitrogens with zero attached hydrogens (tertiary/aromatic N) is 3. The van der Waals surface area contributed by atoms with Crippen LogP contribution in [-0.4, -0.2) is 9.13 Å². The number of rotatable bonds is 7. The first-order valence-corrected chi connectivity index (χ1v) is 21.2. The second-order valence-corrected chi connectivity index (χ2v) is 16.5. The maximum atomic E-state index is 2.47. The molecule has 0 aliphatic heterocycles. The highest BCUT2D eigenvalue weighted by molar-refractivity contribution is 7.25. The molecule has 0 N–H and O–H groups in total. The average Bonchev–Trinajstić information content (AvgIpc) is 4.00. The van der Waals surface area contributed by atoms with Gasteiger partial charge in [-0.3, -0.25) is 0 Å². The first-order chi connectivity index (χ1) is 29.7. The van der Waals surface area contributed by atoms with Crippen LogP contribution in [0.15, 0.2) is 225 Å². The SMILES string of the molecule is c1ccc(-c2ccc(N(c3ccc(-c4ccccc4)cc3)c3ccc(-n4c5cc6sc7ccccc7c6cc5c5cc6ccn(-c7ccccc7)c6cc54)cc3)cc2)cc1. The van der Waals surface area contributed by atoms with Crippen molar-refractivity contribution in [1.29, 1.82) is 0 Å². The molecule has 3 heterocycles. The lowest BCUT2D eigenvalue weighted by atomic mass is 10.0. The van der Waals surface area contributed by atoms with E-state index in [2.05, 4.69) is 239 Å². The smallest absolute Gasteiger partial charge is 0.0562 e. The van der Waals surface area contributed by atoms with E-state index in [1.54, 1.807) is 0 Å². The van der Waals surface area contributed by atoms with Gasteiger partial charge in [0.25, 0.3) is 0 Å². The summed E-state index contributed by atoms with van der Waals surface area (Å²) in [6.07, 6.45) is 2.19. The Morgan fingerprint density at radius 3 is 1.48 bits per heavy atom. The Labute approximate surface area is 351 Å². The highest BCUT2D eigenvalue weighted by Crippen LogP contribution is 2.43. The first kappa shape index (κ1) is 34.4. The molecule has 0 saturated heterocycles. The molecule has 3 aromatic heterocycles. The summed E-state index contributed by atoms with van der Waals surface area (Å²) < 4.78 is 7.38. The molecule has 0 spiro atoms. The molecule has 9 aromatic carbocycles. The topological polar surface area (TPSA) is 13.1 Å². The molecule has 0 aliphatic rings. The van der Waals surface area contributed by atoms with E-state index >= 15 is 0 Å². The van der Waals surface area contributed by atoms with Gasteiger partial charge in [-0.25, -0.2) is 0 Å². The van der Waals surface area contributed by atoms with Crippen molar-refractivity contribution in [3.05, 3.63) is 225 Å². The summed E-state index contributed by atoms with van der Waals surface area (Å²) in [6, 6.07) is 79.4. The molecular weight excluding hydrogens is 747 g/mol. The fourth-order valence-corrected chi connectivity index (χ4v) is 10.1. The summed E-state index contributed by atoms with van der Waals surface area (Å²) >= 11 is 1.87. The monoisotopic (exact) mass is 783 g/mol. The van der Waals surface area contributed by atoms with Gasteiger partial charge < -0.3 is 14.0 Å². The minimum Gasteiger partial charge on any atom is -0.316 e. The summed E-state index contributed by atoms with van der Waals surface area (Å²) in [5.74, 6) is 0. The molecule has 0 amide bonds. The van der Waals surface area contributed by atoms with Crippen LogP contribution in [0.4, 0.5) is 17.1 Å². The average molecular weight is 784 g/mol. The lowest BCUT2D eigenvalue weighted by Gasteiger charge is -2.26. The van der Waals surface area contributed by atoms with E-state index in [4.69, 9.17) is 0 Å². The second kappa shape index (κ2) is 14.0. The van der Waals surface area contributed by atoms with Crippen LogP contribution in [0.3, 0.4) is 0 Å². The van der Waals surface area contributed by atoms with Crippen LogP contribution in [0.1, 0.15) is 0 Å². The maximum absolute atomic E-state index is 2.47. The Balaban J connectivity index is 1.03. The largest absolute Gasteiger partial charge is 0.316 e. The van der Waals surface area contributed by atoms with Crippen molar-refractivity contribution in [2.24, 2.45) is 0 Å². The van der Waals surface area contributed by atoms with Crippen molar-refractivity contribution in [1.82, 2.24) is 9.13 Å². The summed E-state index contributed by atoms with van der Waals surface area (Å²) in [5.41, 5.74) is 14.0. The molecule has 12 rings (SSSR count). The van der Waals surface area contributed by atoms with Crippen molar-refractivity contribution in [3.8, 4) is 33.6 Å². The lowest BCUT2D eigenvalue weighted by molar-refractivity contribution is 1.12. The van der Waals surface area contributed by atoms with E-state index < -0.39 is 0 Å². The zero-order valence-corrected chi connectivity index (χ0v) is 33.4. The lowest BCUT2D eigenvalue weighted by Crippen LogP contribution is -2.10. The van der Waals surface area contributed by atoms with E-state index in [-0.39, 0.29) is 0 Å². The molecule has 0 aliphatic carbocycles. The number of hydrogen-bond acceptors (Lipinski definition) is 2. The van der Waals surface area contributed by atoms with Crippen LogP contribution in [-0.2, 0) is 0 Å². The molecule has 0 fully saturated rings. The normalized spacial score (nSPS) is 11.7. The predicted molar refractivity (Wildman–Crippen MR) is 256 cm³/mol. The molecule has 0 bridgehead atoms. The van der Waals surface area contributed by atoms with Crippen LogP contribution in [0, 0.1) is 0 Å². The summed E-state index contributed by atoms with van der Waals surface area (Å²) in [7, 11) is 0. The highest BCUT2D eigenvalue weighted by Gasteiger charge is 2.19. The minimum atomic E-state index is 1.09. The van der Waals surface area contributed by atoms with Gasteiger partial charge in [0, 0.05) is 71.0 Å². The van der Waals surface area contributed by atoms with Crippen LogP contribution in [0.2, 0.25) is 0 Å². The summed E-state index contributed by atoms with van der Waals surface area (Å²) in [4.78, 5) is 2.36. The van der Waals surface area contributed by atoms with E-state index in [0.29, 0.717) is 0 Å². The fourth-order valence-electron chi connectivity index (χ4n) is 9.02. The molecule has 0 unspecified atom stereocenters. The zero-order chi connectivity index (χ0) is 39.6. The third-order valence-corrected chi connectivity index (χ3v) is 13.1. The van der Waals surface area contributed by atoms with E-state index in [0.717, 1.165) is 28.4 Å². The Kier molecular flexibility index (Phi) is 8.03. The highest BCUT2D eigenvalue weighted by atomic mass is 32.1. The van der Waals surface area contributed by atoms with Crippen LogP contribution >= 0.6 is 11.3 Å². The van der Waals surface area contributed by atoms with Gasteiger partial charge in [-0.1, -0.05) is 121 Å². The van der Waals surface area contributed by atoms with E-state index in [9.17, 15) is 0 Å². The number of hydrogen-bond donors (Lipinski definition) is 0. The Morgan fingerprint density at radius 1 is 0.333 bits per heavy atom. The van der Waals surface area contributed by atoms with Gasteiger partial charge in [-0.2, -0.15) is 0 Å². The van der Waals surface area contributed by atoms with Gasteiger partial charge in [-0.15, -0.1) is 11.3 Å². The van der Waals surface area contributed by atoms with Crippen LogP contribution in [0.5, 0.6) is 0 Å². The molecule has 3 nitrogen and oxygen atoms in total. The molecule has 0 saturated carbocycles. The number of fused-ring (bicyclic) bond motifs is 7. The van der Waals surface area contributed by atoms with Gasteiger partial charge in [0.05, 0.1) is 16.6 Å². The van der Waals surface area contributed by atoms with Gasteiger partial charge in [0.15, 0.2) is 0 Å². The minimum absolute atomic E-state index is 1.09. The van der Waals surface area contributed by atoms with E-state index in [1.165, 1.54) is 75.1 Å². The van der Waals surface area contributed by atoms with Gasteiger partial charge in [0.2, 0.25) is 0 Å². The quantitative estimate of drug-likeness (QED) is 0.157. The Morgan fingerprint density at radius 2 is 0.850 bits per heavy atom. The Hall–Kier alpha value is -7.66. The van der Waals surface area contributed by atoms with Crippen molar-refractivity contribution < 1.29 is 0 Å². The predicted octanol–water partition coefficient (Wildman–Crippen LogP) is 15.9. The number of anilines is 3. The summed E-state index contributed by atoms with van der Waals surface area (Å²) in [6.45, 7) is 0. The number of para-hydroxylation sites is 1. The zero-order valence-electron chi connectivity index (χ0n) is 32.6. The molecule has 0 atom stereocenters. The van der Waals surface area contributed by atoms with Gasteiger partial charge in [-0.05, 0) is 119 Å². The first-order valence-electron chi connectivity index (χ1n) is 20.4. The molecule has 4 heteroatoms. The van der Waals surface area contributed by atoms with Crippen LogP contribution < -0.4 is 4.90 Å². The molecule has 282 valence electrons. The third-order valence-electron chi connectivity index (χ3n) is 11.9. The van der Waals surface area contributed by atoms with Gasteiger partial charge >= 0.3 is 0 Å². The third kappa shape index (κ3) is 5.72. The maximum Gasteiger partial charge on any atom is 0.0562 e. The van der Waals surface area contributed by atoms with Crippen molar-refractivity contribution in [3.63, 3.8) is 0 Å². The van der Waals surface area contributed by atoms with Gasteiger partial charge in [0.1, 0.15) is 0 Å². The number of benzene rings is 9. The number of aromatic nitrogens is 2. The standard InChI is InChI=1S/C56H37N3S/c1-4-12-38(13-5-1)40-20-24-44(25-21-40)58(45-26-22-41(23-27-45)39-14-6-2-7-15-39)46-28-30-47(31-29-46)59-53-36-52-42(32-33-57(52)43-16-8-3-9-17-43)34-49(53)50-35-51-48-18-10-11-19-55(48)60-56(51)37-54(50)59/h1-37H. The Bertz CT molecular complexity index is 3410. The summed E-state index contributed by atoms with van der Waals surface area (Å²) in [5, 5.41) is 6.37. The van der Waals surface area contributed by atoms with E-state index in [1.807, 2.05) is 11.3 Å². The number of thiophene rings is 1. The van der Waals surface area contributed by atoms with Crippen molar-refractivity contribution >= 4 is 81.3 Å². The second-order valence-electron chi connectivity index (χ2n) is 15.4. The molecular formula is C56H37N3S. The molecule has 12 aromatic rings. The van der Waals surface area contributed by atoms with Crippen LogP contribution in [0.25, 0.3) is 86.5 Å². The fraction of sp³-hybridized carbons (Fsp3) is 0. The molecule has 0 radical (unpaired) electrons. The molecule has 60 heavy (non-hydrogen) atoms. The van der Waals surface area contributed by atoms with Crippen molar-refractivity contribution in [2.45, 2.75) is 0 Å². The van der Waals surface area contributed by atoms with Crippen molar-refractivity contribution in [2.75, 3.05) is 4.90 Å².